The highest BCUT2D eigenvalue weighted by molar-refractivity contribution is 6.11. The molecule has 0 amide bonds. The van der Waals surface area contributed by atoms with E-state index < -0.39 is 0 Å². The van der Waals surface area contributed by atoms with Crippen molar-refractivity contribution >= 4 is 49.3 Å². The Morgan fingerprint density at radius 3 is 1.35 bits per heavy atom. The summed E-state index contributed by atoms with van der Waals surface area (Å²) in [5, 5.41) is 5.20. The third-order valence-electron chi connectivity index (χ3n) is 12.2. The van der Waals surface area contributed by atoms with Crippen molar-refractivity contribution < 1.29 is 0 Å². The molecule has 1 aliphatic carbocycles. The SMILES string of the molecule is CCC(C)(c1ccc(C(C)(C)c2ccc(-n3c4ccccc4c4ccccc43)cc2)cc1)C1C=CC(n2c3ccccc3c3ccccc32)=CC1. The third-order valence-corrected chi connectivity index (χ3v) is 12.2. The fraction of sp³-hybridized carbons (Fsp3) is 0.184. The van der Waals surface area contributed by atoms with Crippen LogP contribution in [0.3, 0.4) is 0 Å². The molecule has 8 aromatic rings. The van der Waals surface area contributed by atoms with Gasteiger partial charge in [0.2, 0.25) is 0 Å². The number of aromatic nitrogens is 2. The monoisotopic (exact) mass is 660 g/mol. The number of benzene rings is 6. The highest BCUT2D eigenvalue weighted by Gasteiger charge is 2.34. The Hall–Kier alpha value is -5.60. The van der Waals surface area contributed by atoms with Crippen LogP contribution in [0.2, 0.25) is 0 Å². The number of rotatable bonds is 7. The van der Waals surface area contributed by atoms with E-state index >= 15 is 0 Å². The van der Waals surface area contributed by atoms with Crippen LogP contribution >= 0.6 is 0 Å². The number of hydrogen-bond acceptors (Lipinski definition) is 0. The van der Waals surface area contributed by atoms with Crippen molar-refractivity contribution in [3.63, 3.8) is 0 Å². The lowest BCUT2D eigenvalue weighted by Gasteiger charge is -2.38. The summed E-state index contributed by atoms with van der Waals surface area (Å²) >= 11 is 0. The average Bonchev–Trinajstić information content (AvgIpc) is 3.71. The molecule has 250 valence electrons. The number of nitrogens with zero attached hydrogens (tertiary/aromatic N) is 2. The van der Waals surface area contributed by atoms with E-state index in [1.807, 2.05) is 0 Å². The van der Waals surface area contributed by atoms with Gasteiger partial charge in [-0.3, -0.25) is 0 Å². The molecule has 9 rings (SSSR count). The fourth-order valence-electron chi connectivity index (χ4n) is 8.79. The Balaban J connectivity index is 0.980. The Bertz CT molecular complexity index is 2520. The van der Waals surface area contributed by atoms with Crippen LogP contribution in [0.5, 0.6) is 0 Å². The molecule has 2 aromatic heterocycles. The van der Waals surface area contributed by atoms with Crippen molar-refractivity contribution in [2.45, 2.75) is 51.4 Å². The predicted molar refractivity (Wildman–Crippen MR) is 218 cm³/mol. The Morgan fingerprint density at radius 1 is 0.510 bits per heavy atom. The van der Waals surface area contributed by atoms with Crippen molar-refractivity contribution in [3.05, 3.63) is 181 Å². The van der Waals surface area contributed by atoms with E-state index in [1.54, 1.807) is 0 Å². The van der Waals surface area contributed by atoms with Crippen molar-refractivity contribution in [2.75, 3.05) is 0 Å². The van der Waals surface area contributed by atoms with E-state index in [0.717, 1.165) is 12.8 Å². The Labute approximate surface area is 301 Å². The van der Waals surface area contributed by atoms with Gasteiger partial charge in [-0.2, -0.15) is 0 Å². The average molecular weight is 661 g/mol. The van der Waals surface area contributed by atoms with Crippen molar-refractivity contribution in [1.82, 2.24) is 9.13 Å². The quantitative estimate of drug-likeness (QED) is 0.161. The molecule has 2 nitrogen and oxygen atoms in total. The zero-order valence-corrected chi connectivity index (χ0v) is 30.0. The second-order valence-corrected chi connectivity index (χ2v) is 15.1. The van der Waals surface area contributed by atoms with Gasteiger partial charge in [0, 0.05) is 38.3 Å². The van der Waals surface area contributed by atoms with Crippen LogP contribution in [0.25, 0.3) is 55.0 Å². The molecular formula is C49H44N2. The van der Waals surface area contributed by atoms with E-state index in [9.17, 15) is 0 Å². The Morgan fingerprint density at radius 2 is 0.922 bits per heavy atom. The van der Waals surface area contributed by atoms with E-state index in [4.69, 9.17) is 0 Å². The van der Waals surface area contributed by atoms with Gasteiger partial charge in [-0.05, 0) is 83.3 Å². The maximum absolute atomic E-state index is 2.47. The van der Waals surface area contributed by atoms with Crippen molar-refractivity contribution in [3.8, 4) is 5.69 Å². The summed E-state index contributed by atoms with van der Waals surface area (Å²) in [6.45, 7) is 9.49. The van der Waals surface area contributed by atoms with Gasteiger partial charge in [0.25, 0.3) is 0 Å². The van der Waals surface area contributed by atoms with Crippen LogP contribution in [0, 0.1) is 5.92 Å². The standard InChI is InChI=1S/C49H44N2/c1-5-49(4,37-28-32-39(33-29-37)51-46-20-12-8-16-42(46)43-17-9-13-21-47(43)51)36-24-22-34(23-25-36)48(2,3)35-26-30-38(31-27-35)50-44-18-10-6-14-40(44)41-15-7-11-19-45(41)50/h6-28,30-33,37H,5,29H2,1-4H3. The van der Waals surface area contributed by atoms with Gasteiger partial charge >= 0.3 is 0 Å². The summed E-state index contributed by atoms with van der Waals surface area (Å²) in [6, 6.07) is 53.7. The molecule has 0 saturated heterocycles. The van der Waals surface area contributed by atoms with E-state index in [2.05, 4.69) is 201 Å². The molecule has 51 heavy (non-hydrogen) atoms. The summed E-state index contributed by atoms with van der Waals surface area (Å²) in [4.78, 5) is 0. The van der Waals surface area contributed by atoms with E-state index in [1.165, 1.54) is 71.7 Å². The molecule has 6 aromatic carbocycles. The van der Waals surface area contributed by atoms with Gasteiger partial charge in [-0.15, -0.1) is 0 Å². The van der Waals surface area contributed by atoms with Crippen LogP contribution in [0.15, 0.2) is 164 Å². The summed E-state index contributed by atoms with van der Waals surface area (Å²) in [5.41, 5.74) is 11.4. The fourth-order valence-corrected chi connectivity index (χ4v) is 8.79. The second-order valence-electron chi connectivity index (χ2n) is 15.1. The first-order chi connectivity index (χ1) is 24.9. The summed E-state index contributed by atoms with van der Waals surface area (Å²) in [7, 11) is 0. The highest BCUT2D eigenvalue weighted by atomic mass is 15.0. The maximum atomic E-state index is 2.47. The van der Waals surface area contributed by atoms with E-state index in [-0.39, 0.29) is 10.8 Å². The molecule has 0 bridgehead atoms. The minimum Gasteiger partial charge on any atom is -0.310 e. The van der Waals surface area contributed by atoms with Crippen LogP contribution in [-0.4, -0.2) is 9.13 Å². The normalized spacial score (nSPS) is 16.2. The maximum Gasteiger partial charge on any atom is 0.0541 e. The van der Waals surface area contributed by atoms with Gasteiger partial charge in [0.1, 0.15) is 0 Å². The topological polar surface area (TPSA) is 9.86 Å². The first kappa shape index (κ1) is 31.4. The smallest absolute Gasteiger partial charge is 0.0541 e. The molecule has 2 heteroatoms. The van der Waals surface area contributed by atoms with Gasteiger partial charge < -0.3 is 9.13 Å². The van der Waals surface area contributed by atoms with Gasteiger partial charge in [-0.25, -0.2) is 0 Å². The van der Waals surface area contributed by atoms with E-state index in [0.29, 0.717) is 5.92 Å². The number of allylic oxidation sites excluding steroid dienone is 4. The van der Waals surface area contributed by atoms with Gasteiger partial charge in [0.15, 0.2) is 0 Å². The lowest BCUT2D eigenvalue weighted by molar-refractivity contribution is 0.336. The predicted octanol–water partition coefficient (Wildman–Crippen LogP) is 13.0. The first-order valence-corrected chi connectivity index (χ1v) is 18.5. The minimum atomic E-state index is -0.134. The van der Waals surface area contributed by atoms with Crippen LogP contribution in [0.1, 0.15) is 57.2 Å². The molecule has 0 saturated carbocycles. The number of para-hydroxylation sites is 4. The third kappa shape index (κ3) is 4.92. The summed E-state index contributed by atoms with van der Waals surface area (Å²) < 4.78 is 4.83. The zero-order chi connectivity index (χ0) is 34.7. The van der Waals surface area contributed by atoms with Crippen LogP contribution < -0.4 is 0 Å². The molecule has 2 atom stereocenters. The molecule has 1 aliphatic rings. The summed E-state index contributed by atoms with van der Waals surface area (Å²) in [5.74, 6) is 0.423. The molecule has 0 spiro atoms. The first-order valence-electron chi connectivity index (χ1n) is 18.5. The van der Waals surface area contributed by atoms with Crippen LogP contribution in [0.4, 0.5) is 0 Å². The number of fused-ring (bicyclic) bond motifs is 6. The van der Waals surface area contributed by atoms with Crippen LogP contribution in [-0.2, 0) is 10.8 Å². The van der Waals surface area contributed by atoms with Gasteiger partial charge in [-0.1, -0.05) is 149 Å². The molecule has 2 heterocycles. The lowest BCUT2D eigenvalue weighted by atomic mass is 9.67. The minimum absolute atomic E-state index is 0.0337. The summed E-state index contributed by atoms with van der Waals surface area (Å²) in [6.07, 6.45) is 9.38. The molecule has 0 fully saturated rings. The highest BCUT2D eigenvalue weighted by Crippen LogP contribution is 2.43. The molecule has 0 radical (unpaired) electrons. The van der Waals surface area contributed by atoms with Crippen molar-refractivity contribution in [2.24, 2.45) is 5.92 Å². The zero-order valence-electron chi connectivity index (χ0n) is 30.0. The number of hydrogen-bond donors (Lipinski definition) is 0. The molecule has 2 unspecified atom stereocenters. The van der Waals surface area contributed by atoms with Gasteiger partial charge in [0.05, 0.1) is 22.1 Å². The molecule has 0 aliphatic heterocycles. The second kappa shape index (κ2) is 12.0. The molecule has 0 N–H and O–H groups in total. The molecular weight excluding hydrogens is 617 g/mol. The largest absolute Gasteiger partial charge is 0.310 e. The Kier molecular flexibility index (Phi) is 7.40. The van der Waals surface area contributed by atoms with Crippen molar-refractivity contribution in [1.29, 1.82) is 0 Å². The lowest BCUT2D eigenvalue weighted by Crippen LogP contribution is -2.31.